The minimum absolute atomic E-state index is 0.00755. The average Bonchev–Trinajstić information content (AvgIpc) is 2.53. The number of carbonyl (C=O) groups is 1. The summed E-state index contributed by atoms with van der Waals surface area (Å²) in [6.45, 7) is 0. The Morgan fingerprint density at radius 3 is 2.38 bits per heavy atom. The van der Waals surface area contributed by atoms with Gasteiger partial charge in [-0.3, -0.25) is 4.79 Å². The Hall–Kier alpha value is -2.13. The van der Waals surface area contributed by atoms with E-state index in [1.54, 1.807) is 0 Å². The highest BCUT2D eigenvalue weighted by molar-refractivity contribution is 8.00. The Morgan fingerprint density at radius 2 is 1.62 bits per heavy atom. The minimum Gasteiger partial charge on any atom is -0.293 e. The number of rotatable bonds is 4. The third kappa shape index (κ3) is 3.31. The van der Waals surface area contributed by atoms with Crippen LogP contribution in [-0.2, 0) is 0 Å². The molecule has 3 aromatic carbocycles. The third-order valence-electron chi connectivity index (χ3n) is 3.26. The van der Waals surface area contributed by atoms with E-state index in [2.05, 4.69) is 24.3 Å². The Balaban J connectivity index is 1.71. The molecule has 0 aliphatic rings. The zero-order valence-electron chi connectivity index (χ0n) is 11.3. The molecule has 0 heterocycles. The van der Waals surface area contributed by atoms with Crippen LogP contribution in [0.15, 0.2) is 71.6 Å². The van der Waals surface area contributed by atoms with E-state index in [4.69, 9.17) is 0 Å². The molecular formula is C18H13FOS. The highest BCUT2D eigenvalue weighted by Gasteiger charge is 2.07. The van der Waals surface area contributed by atoms with Gasteiger partial charge in [-0.1, -0.05) is 30.3 Å². The summed E-state index contributed by atoms with van der Waals surface area (Å²) in [5.41, 5.74) is 0.546. The number of hydrogen-bond donors (Lipinski definition) is 0. The maximum atomic E-state index is 12.8. The van der Waals surface area contributed by atoms with Gasteiger partial charge in [0.05, 0.1) is 5.75 Å². The lowest BCUT2D eigenvalue weighted by atomic mass is 10.1. The molecular weight excluding hydrogens is 283 g/mol. The average molecular weight is 296 g/mol. The Morgan fingerprint density at radius 1 is 0.905 bits per heavy atom. The van der Waals surface area contributed by atoms with Crippen LogP contribution < -0.4 is 0 Å². The quantitative estimate of drug-likeness (QED) is 0.500. The molecule has 0 fully saturated rings. The van der Waals surface area contributed by atoms with Gasteiger partial charge in [0, 0.05) is 10.5 Å². The number of carbonyl (C=O) groups excluding carboxylic acids is 1. The summed E-state index contributed by atoms with van der Waals surface area (Å²) in [5.74, 6) is 0.0335. The predicted octanol–water partition coefficient (Wildman–Crippen LogP) is 4.95. The second kappa shape index (κ2) is 6.10. The Labute approximate surface area is 126 Å². The lowest BCUT2D eigenvalue weighted by Gasteiger charge is -2.04. The second-order valence-corrected chi connectivity index (χ2v) is 5.78. The molecule has 0 aliphatic carbocycles. The van der Waals surface area contributed by atoms with Crippen LogP contribution in [0.3, 0.4) is 0 Å². The smallest absolute Gasteiger partial charge is 0.173 e. The molecule has 3 rings (SSSR count). The Bertz CT molecular complexity index is 781. The summed E-state index contributed by atoms with van der Waals surface area (Å²) < 4.78 is 12.8. The minimum atomic E-state index is -0.325. The zero-order valence-corrected chi connectivity index (χ0v) is 12.1. The van der Waals surface area contributed by atoms with Crippen molar-refractivity contribution < 1.29 is 9.18 Å². The van der Waals surface area contributed by atoms with E-state index in [0.717, 1.165) is 10.3 Å². The zero-order chi connectivity index (χ0) is 14.7. The summed E-state index contributed by atoms with van der Waals surface area (Å²) in [4.78, 5) is 13.1. The summed E-state index contributed by atoms with van der Waals surface area (Å²) in [5, 5.41) is 2.35. The van der Waals surface area contributed by atoms with Crippen molar-refractivity contribution in [1.29, 1.82) is 0 Å². The van der Waals surface area contributed by atoms with Crippen molar-refractivity contribution in [3.63, 3.8) is 0 Å². The van der Waals surface area contributed by atoms with E-state index in [0.29, 0.717) is 11.3 Å². The summed E-state index contributed by atoms with van der Waals surface area (Å²) in [7, 11) is 0. The first-order chi connectivity index (χ1) is 10.2. The SMILES string of the molecule is O=C(CSc1ccc2ccccc2c1)c1ccc(F)cc1. The summed E-state index contributed by atoms with van der Waals surface area (Å²) in [6, 6.07) is 20.0. The van der Waals surface area contributed by atoms with Crippen LogP contribution in [0.4, 0.5) is 4.39 Å². The molecule has 0 radical (unpaired) electrons. The molecule has 21 heavy (non-hydrogen) atoms. The van der Waals surface area contributed by atoms with Crippen molar-refractivity contribution in [2.45, 2.75) is 4.90 Å². The number of thioether (sulfide) groups is 1. The van der Waals surface area contributed by atoms with Gasteiger partial charge in [0.25, 0.3) is 0 Å². The van der Waals surface area contributed by atoms with E-state index < -0.39 is 0 Å². The topological polar surface area (TPSA) is 17.1 Å². The molecule has 3 aromatic rings. The van der Waals surface area contributed by atoms with Gasteiger partial charge in [0.1, 0.15) is 5.82 Å². The van der Waals surface area contributed by atoms with Gasteiger partial charge < -0.3 is 0 Å². The van der Waals surface area contributed by atoms with Gasteiger partial charge in [-0.25, -0.2) is 4.39 Å². The van der Waals surface area contributed by atoms with Crippen molar-refractivity contribution in [1.82, 2.24) is 0 Å². The van der Waals surface area contributed by atoms with Gasteiger partial charge in [0.15, 0.2) is 5.78 Å². The van der Waals surface area contributed by atoms with Crippen LogP contribution >= 0.6 is 11.8 Å². The van der Waals surface area contributed by atoms with E-state index >= 15 is 0 Å². The number of Topliss-reactive ketones (excluding diaryl/α,β-unsaturated/α-hetero) is 1. The molecule has 0 atom stereocenters. The fourth-order valence-corrected chi connectivity index (χ4v) is 2.96. The van der Waals surface area contributed by atoms with Gasteiger partial charge in [0.2, 0.25) is 0 Å². The van der Waals surface area contributed by atoms with Crippen LogP contribution in [0.1, 0.15) is 10.4 Å². The molecule has 0 aliphatic heterocycles. The molecule has 0 N–H and O–H groups in total. The van der Waals surface area contributed by atoms with E-state index in [9.17, 15) is 9.18 Å². The van der Waals surface area contributed by atoms with Crippen LogP contribution in [-0.4, -0.2) is 11.5 Å². The fraction of sp³-hybridized carbons (Fsp3) is 0.0556. The van der Waals surface area contributed by atoms with Crippen molar-refractivity contribution in [3.05, 3.63) is 78.1 Å². The fourth-order valence-electron chi connectivity index (χ4n) is 2.13. The first kappa shape index (κ1) is 13.8. The summed E-state index contributed by atoms with van der Waals surface area (Å²) >= 11 is 1.50. The summed E-state index contributed by atoms with van der Waals surface area (Å²) in [6.07, 6.45) is 0. The molecule has 0 bridgehead atoms. The van der Waals surface area contributed by atoms with Gasteiger partial charge in [-0.05, 0) is 47.2 Å². The molecule has 0 spiro atoms. The highest BCUT2D eigenvalue weighted by atomic mass is 32.2. The van der Waals surface area contributed by atoms with Crippen molar-refractivity contribution >= 4 is 28.3 Å². The standard InChI is InChI=1S/C18H13FOS/c19-16-8-5-14(6-9-16)18(20)12-21-17-10-7-13-3-1-2-4-15(13)11-17/h1-11H,12H2. The highest BCUT2D eigenvalue weighted by Crippen LogP contribution is 2.24. The number of benzene rings is 3. The molecule has 0 unspecified atom stereocenters. The first-order valence-electron chi connectivity index (χ1n) is 6.63. The molecule has 3 heteroatoms. The van der Waals surface area contributed by atoms with E-state index in [1.807, 2.05) is 18.2 Å². The first-order valence-corrected chi connectivity index (χ1v) is 7.61. The van der Waals surface area contributed by atoms with Crippen LogP contribution in [0.2, 0.25) is 0 Å². The maximum absolute atomic E-state index is 12.8. The Kier molecular flexibility index (Phi) is 4.02. The lowest BCUT2D eigenvalue weighted by Crippen LogP contribution is -2.02. The molecule has 0 aromatic heterocycles. The largest absolute Gasteiger partial charge is 0.293 e. The molecule has 0 amide bonds. The normalized spacial score (nSPS) is 10.7. The molecule has 1 nitrogen and oxygen atoms in total. The molecule has 0 saturated heterocycles. The number of hydrogen-bond acceptors (Lipinski definition) is 2. The number of fused-ring (bicyclic) bond motifs is 1. The van der Waals surface area contributed by atoms with E-state index in [-0.39, 0.29) is 11.6 Å². The van der Waals surface area contributed by atoms with E-state index in [1.165, 1.54) is 41.4 Å². The maximum Gasteiger partial charge on any atom is 0.173 e. The van der Waals surface area contributed by atoms with Crippen LogP contribution in [0.5, 0.6) is 0 Å². The lowest BCUT2D eigenvalue weighted by molar-refractivity contribution is 0.102. The number of ketones is 1. The number of halogens is 1. The molecule has 0 saturated carbocycles. The van der Waals surface area contributed by atoms with Crippen molar-refractivity contribution in [3.8, 4) is 0 Å². The monoisotopic (exact) mass is 296 g/mol. The van der Waals surface area contributed by atoms with Crippen LogP contribution in [0, 0.1) is 5.82 Å². The van der Waals surface area contributed by atoms with Crippen LogP contribution in [0.25, 0.3) is 10.8 Å². The van der Waals surface area contributed by atoms with Crippen molar-refractivity contribution in [2.24, 2.45) is 0 Å². The second-order valence-electron chi connectivity index (χ2n) is 4.73. The van der Waals surface area contributed by atoms with Crippen molar-refractivity contribution in [2.75, 3.05) is 5.75 Å². The van der Waals surface area contributed by atoms with Gasteiger partial charge in [-0.2, -0.15) is 0 Å². The predicted molar refractivity (Wildman–Crippen MR) is 85.4 cm³/mol. The molecule has 104 valence electrons. The van der Waals surface area contributed by atoms with Gasteiger partial charge >= 0.3 is 0 Å². The third-order valence-corrected chi connectivity index (χ3v) is 4.25. The van der Waals surface area contributed by atoms with Gasteiger partial charge in [-0.15, -0.1) is 11.8 Å².